The van der Waals surface area contributed by atoms with Gasteiger partial charge < -0.3 is 44.8 Å². The smallest absolute Gasteiger partial charge is 0.226 e. The van der Waals surface area contributed by atoms with Crippen molar-refractivity contribution in [3.8, 4) is 12.3 Å². The maximum Gasteiger partial charge on any atom is 0.226 e. The number of hydrogen-bond donors (Lipinski definition) is 0. The van der Waals surface area contributed by atoms with E-state index in [-0.39, 0.29) is 77.2 Å². The fourth-order valence-electron chi connectivity index (χ4n) is 7.30. The van der Waals surface area contributed by atoms with Gasteiger partial charge in [0, 0.05) is 141 Å². The zero-order valence-corrected chi connectivity index (χ0v) is 46.1. The number of amides is 2. The van der Waals surface area contributed by atoms with Crippen LogP contribution in [0.2, 0.25) is 0 Å². The maximum absolute atomic E-state index is 12.5. The Morgan fingerprint density at radius 3 is 1.02 bits per heavy atom. The van der Waals surface area contributed by atoms with E-state index in [1.54, 1.807) is 6.92 Å². The number of terminal acetylenes is 1. The molecule has 8 heteroatoms. The maximum atomic E-state index is 12.5. The number of hydrogen-bond acceptors (Lipinski definition) is 4. The van der Waals surface area contributed by atoms with E-state index in [2.05, 4.69) is 101 Å². The summed E-state index contributed by atoms with van der Waals surface area (Å²) in [5.41, 5.74) is 4.88. The summed E-state index contributed by atoms with van der Waals surface area (Å²) in [4.78, 5) is 34.2. The van der Waals surface area contributed by atoms with Crippen LogP contribution in [0.15, 0.2) is 121 Å². The molecule has 0 saturated carbocycles. The van der Waals surface area contributed by atoms with Gasteiger partial charge in [-0.05, 0) is 80.8 Å². The summed E-state index contributed by atoms with van der Waals surface area (Å²) < 4.78 is 0. The minimum Gasteiger partial charge on any atom is -0.697 e. The molecule has 0 spiro atoms. The molecule has 2 radical (unpaired) electrons. The van der Waals surface area contributed by atoms with E-state index in [4.69, 9.17) is 12.8 Å². The van der Waals surface area contributed by atoms with Crippen molar-refractivity contribution >= 4 is 23.2 Å². The Morgan fingerprint density at radius 2 is 0.778 bits per heavy atom. The molecule has 0 unspecified atom stereocenters. The summed E-state index contributed by atoms with van der Waals surface area (Å²) in [6.07, 6.45) is 22.5. The third-order valence-electron chi connectivity index (χ3n) is 10.2. The van der Waals surface area contributed by atoms with E-state index in [9.17, 15) is 9.59 Å². The van der Waals surface area contributed by atoms with E-state index < -0.39 is 0 Å². The van der Waals surface area contributed by atoms with Crippen LogP contribution >= 0.6 is 0 Å². The van der Waals surface area contributed by atoms with Crippen LogP contribution in [-0.4, -0.2) is 73.0 Å². The van der Waals surface area contributed by atoms with Crippen LogP contribution in [0.25, 0.3) is 0 Å². The average Bonchev–Trinajstić information content (AvgIpc) is 3.35. The van der Waals surface area contributed by atoms with Crippen LogP contribution in [-0.2, 0) is 87.8 Å². The third kappa shape index (κ3) is 25.4. The van der Waals surface area contributed by atoms with Gasteiger partial charge in [-0.2, -0.15) is 0 Å². The van der Waals surface area contributed by atoms with Crippen molar-refractivity contribution < 1.29 is 75.0 Å². The van der Waals surface area contributed by atoms with E-state index in [1.165, 1.54) is 11.1 Å². The second-order valence-electron chi connectivity index (χ2n) is 13.8. The number of carbonyl (C=O) groups is 2. The standard InChI is InChI=1S/2C22H28N2O.C3H3.3C2H6.C2H.2Y/c2*1-2-22(25)24(20-11-7-4-8-12-20)21-14-17-23(18-15-21)16-13-19-9-5-3-6-10-19;1-3-2;4*1-2;;/h2*3-12,21H,2,13-18H2,1H3;1H3;3*1-2H3;1H;;/q;;-1;;;;-1;;. The zero-order valence-electron chi connectivity index (χ0n) is 40.4. The van der Waals surface area contributed by atoms with Crippen LogP contribution in [0.4, 0.5) is 11.4 Å². The quantitative estimate of drug-likeness (QED) is 0.105. The van der Waals surface area contributed by atoms with E-state index in [0.29, 0.717) is 24.9 Å². The summed E-state index contributed by atoms with van der Waals surface area (Å²) in [7, 11) is 0. The van der Waals surface area contributed by atoms with Gasteiger partial charge in [0.2, 0.25) is 11.8 Å². The second kappa shape index (κ2) is 43.0. The van der Waals surface area contributed by atoms with Crippen molar-refractivity contribution in [2.24, 2.45) is 0 Å². The van der Waals surface area contributed by atoms with Crippen molar-refractivity contribution in [1.29, 1.82) is 0 Å². The molecule has 2 heterocycles. The van der Waals surface area contributed by atoms with Gasteiger partial charge in [0.15, 0.2) is 0 Å². The van der Waals surface area contributed by atoms with Gasteiger partial charge >= 0.3 is 0 Å². The Morgan fingerprint density at radius 1 is 0.540 bits per heavy atom. The van der Waals surface area contributed by atoms with Gasteiger partial charge in [0.05, 0.1) is 0 Å². The third-order valence-corrected chi connectivity index (χ3v) is 10.2. The molecule has 0 atom stereocenters. The van der Waals surface area contributed by atoms with Crippen LogP contribution in [0, 0.1) is 25.2 Å². The molecule has 0 N–H and O–H groups in total. The van der Waals surface area contributed by atoms with Gasteiger partial charge in [0.1, 0.15) is 0 Å². The number of nitrogens with zero attached hydrogens (tertiary/aromatic N) is 4. The first-order valence-electron chi connectivity index (χ1n) is 22.9. The average molecular weight is 1010 g/mol. The predicted octanol–water partition coefficient (Wildman–Crippen LogP) is 12.1. The van der Waals surface area contributed by atoms with Crippen LogP contribution in [0.3, 0.4) is 0 Å². The van der Waals surface area contributed by atoms with Crippen molar-refractivity contribution in [3.05, 3.63) is 145 Å². The van der Waals surface area contributed by atoms with Crippen molar-refractivity contribution in [1.82, 2.24) is 9.80 Å². The van der Waals surface area contributed by atoms with Crippen LogP contribution in [0.1, 0.15) is 112 Å². The molecule has 0 aliphatic carbocycles. The number of benzene rings is 4. The zero-order chi connectivity index (χ0) is 45.7. The molecule has 6 rings (SSSR count). The summed E-state index contributed by atoms with van der Waals surface area (Å²) in [6, 6.07) is 42.3. The first-order valence-corrected chi connectivity index (χ1v) is 22.9. The summed E-state index contributed by atoms with van der Waals surface area (Å²) in [5, 5.41) is 0. The van der Waals surface area contributed by atoms with Crippen molar-refractivity contribution in [3.63, 3.8) is 0 Å². The van der Waals surface area contributed by atoms with Gasteiger partial charge in [-0.15, -0.1) is 0 Å². The van der Waals surface area contributed by atoms with Gasteiger partial charge in [-0.1, -0.05) is 152 Å². The Balaban J connectivity index is -0.000000912. The molecule has 0 aromatic heterocycles. The SMILES string of the molecule is CC.CC.CC.CCC(=O)N(c1ccccc1)C1CCN(CCc2ccccc2)CC1.CCC(=O)N(c1ccccc1)C1CCN(CCc2ccccc2)CC1.[C-]#C.[C-]#CC.[Y].[Y]. The summed E-state index contributed by atoms with van der Waals surface area (Å²) in [6.45, 7) is 23.9. The summed E-state index contributed by atoms with van der Waals surface area (Å²) in [5.74, 6) is 2.46. The molecule has 4 aromatic carbocycles. The number of piperidine rings is 2. The molecule has 4 aromatic rings. The van der Waals surface area contributed by atoms with Crippen molar-refractivity contribution in [2.75, 3.05) is 49.1 Å². The Kier molecular flexibility index (Phi) is 43.9. The van der Waals surface area contributed by atoms with Gasteiger partial charge in [-0.3, -0.25) is 9.59 Å². The molecule has 2 amide bonds. The van der Waals surface area contributed by atoms with E-state index in [1.807, 2.05) is 108 Å². The second-order valence-corrected chi connectivity index (χ2v) is 13.8. The Hall–Kier alpha value is -2.93. The topological polar surface area (TPSA) is 47.1 Å². The molecule has 0 bridgehead atoms. The largest absolute Gasteiger partial charge is 0.697 e. The predicted molar refractivity (Wildman–Crippen MR) is 263 cm³/mol. The Labute approximate surface area is 436 Å². The van der Waals surface area contributed by atoms with Crippen molar-refractivity contribution in [2.45, 2.75) is 126 Å². The molecule has 2 saturated heterocycles. The molecular weight excluding hydrogens is 926 g/mol. The first kappa shape index (κ1) is 64.4. The molecular formula is C55H78N4O2Y2-2. The Bertz CT molecular complexity index is 1570. The first-order chi connectivity index (χ1) is 30.0. The van der Waals surface area contributed by atoms with E-state index in [0.717, 1.165) is 89.2 Å². The minimum atomic E-state index is 0. The normalized spacial score (nSPS) is 13.0. The minimum absolute atomic E-state index is 0. The molecule has 2 fully saturated rings. The molecule has 2 aliphatic heterocycles. The fraction of sp³-hybridized carbons (Fsp3) is 0.455. The number of likely N-dealkylation sites (tertiary alicyclic amines) is 2. The molecule has 63 heavy (non-hydrogen) atoms. The molecule has 338 valence electrons. The summed E-state index contributed by atoms with van der Waals surface area (Å²) >= 11 is 0. The fourth-order valence-corrected chi connectivity index (χ4v) is 7.30. The number of carbonyl (C=O) groups excluding carboxylic acids is 2. The molecule has 2 aliphatic rings. The number of anilines is 2. The monoisotopic (exact) mass is 1000 g/mol. The number of rotatable bonds is 12. The van der Waals surface area contributed by atoms with Crippen LogP contribution in [0.5, 0.6) is 0 Å². The van der Waals surface area contributed by atoms with Gasteiger partial charge in [-0.25, -0.2) is 0 Å². The van der Waals surface area contributed by atoms with E-state index >= 15 is 0 Å². The van der Waals surface area contributed by atoms with Crippen LogP contribution < -0.4 is 9.80 Å². The number of para-hydroxylation sites is 2. The van der Waals surface area contributed by atoms with Gasteiger partial charge in [0.25, 0.3) is 0 Å². The molecule has 6 nitrogen and oxygen atoms in total.